The van der Waals surface area contributed by atoms with Crippen LogP contribution < -0.4 is 15.8 Å². The Hall–Kier alpha value is -1.46. The Morgan fingerprint density at radius 3 is 2.91 bits per heavy atom. The number of nitrogens with one attached hydrogen (secondary N) is 1. The molecule has 2 atom stereocenters. The van der Waals surface area contributed by atoms with E-state index >= 15 is 0 Å². The van der Waals surface area contributed by atoms with Crippen molar-refractivity contribution in [3.8, 4) is 5.75 Å². The van der Waals surface area contributed by atoms with Gasteiger partial charge in [-0.15, -0.1) is 0 Å². The zero-order valence-electron chi connectivity index (χ0n) is 13.9. The molecule has 23 heavy (non-hydrogen) atoms. The van der Waals surface area contributed by atoms with Gasteiger partial charge in [-0.05, 0) is 24.8 Å². The lowest BCUT2D eigenvalue weighted by molar-refractivity contribution is -0.0510. The van der Waals surface area contributed by atoms with Crippen LogP contribution in [0.1, 0.15) is 37.0 Å². The van der Waals surface area contributed by atoms with Gasteiger partial charge in [0.2, 0.25) is 0 Å². The third-order valence-electron chi connectivity index (χ3n) is 4.24. The lowest BCUT2D eigenvalue weighted by atomic mass is 9.87. The number of benzene rings is 1. The quantitative estimate of drug-likeness (QED) is 0.808. The van der Waals surface area contributed by atoms with Crippen molar-refractivity contribution in [2.24, 2.45) is 11.8 Å². The van der Waals surface area contributed by atoms with Gasteiger partial charge < -0.3 is 20.5 Å². The van der Waals surface area contributed by atoms with E-state index in [4.69, 9.17) is 26.8 Å². The van der Waals surface area contributed by atoms with Gasteiger partial charge in [0.15, 0.2) is 0 Å². The molecule has 3 N–H and O–H groups in total. The van der Waals surface area contributed by atoms with Gasteiger partial charge in [-0.3, -0.25) is 4.79 Å². The minimum absolute atomic E-state index is 0.181. The molecule has 1 aliphatic rings. The second-order valence-electron chi connectivity index (χ2n) is 6.27. The average molecular weight is 341 g/mol. The number of anilines is 1. The van der Waals surface area contributed by atoms with E-state index in [1.165, 1.54) is 7.11 Å². The molecule has 2 rings (SSSR count). The number of carbonyl (C=O) groups excluding carboxylic acids is 1. The van der Waals surface area contributed by atoms with Crippen LogP contribution in [0.3, 0.4) is 0 Å². The first-order valence-corrected chi connectivity index (χ1v) is 8.34. The molecule has 1 heterocycles. The predicted octanol–water partition coefficient (Wildman–Crippen LogP) is 3.11. The zero-order chi connectivity index (χ0) is 17.0. The number of nitrogen functional groups attached to an aromatic ring is 1. The summed E-state index contributed by atoms with van der Waals surface area (Å²) in [6.45, 7) is 5.67. The van der Waals surface area contributed by atoms with E-state index in [0.29, 0.717) is 40.4 Å². The van der Waals surface area contributed by atoms with Crippen LogP contribution in [0.15, 0.2) is 12.1 Å². The van der Waals surface area contributed by atoms with Crippen LogP contribution in [0.25, 0.3) is 0 Å². The van der Waals surface area contributed by atoms with Gasteiger partial charge >= 0.3 is 0 Å². The highest BCUT2D eigenvalue weighted by Gasteiger charge is 2.29. The summed E-state index contributed by atoms with van der Waals surface area (Å²) in [5.74, 6) is 0.960. The summed E-state index contributed by atoms with van der Waals surface area (Å²) < 4.78 is 11.1. The highest BCUT2D eigenvalue weighted by molar-refractivity contribution is 6.33. The smallest absolute Gasteiger partial charge is 0.255 e. The van der Waals surface area contributed by atoms with E-state index in [1.54, 1.807) is 12.1 Å². The molecule has 1 saturated heterocycles. The van der Waals surface area contributed by atoms with Crippen molar-refractivity contribution >= 4 is 23.2 Å². The third-order valence-corrected chi connectivity index (χ3v) is 4.57. The molecular weight excluding hydrogens is 316 g/mol. The van der Waals surface area contributed by atoms with Gasteiger partial charge in [0, 0.05) is 25.1 Å². The van der Waals surface area contributed by atoms with E-state index in [-0.39, 0.29) is 12.0 Å². The molecule has 0 spiro atoms. The van der Waals surface area contributed by atoms with Gasteiger partial charge in [0.05, 0.1) is 29.5 Å². The summed E-state index contributed by atoms with van der Waals surface area (Å²) >= 11 is 6.02. The number of nitrogens with two attached hydrogens (primary N) is 1. The van der Waals surface area contributed by atoms with Crippen LogP contribution in [-0.2, 0) is 4.74 Å². The lowest BCUT2D eigenvalue weighted by Crippen LogP contribution is -2.41. The Kier molecular flexibility index (Phi) is 6.13. The number of methoxy groups -OCH3 is 1. The number of halogens is 1. The van der Waals surface area contributed by atoms with E-state index in [9.17, 15) is 4.79 Å². The molecule has 1 aliphatic heterocycles. The third kappa shape index (κ3) is 4.30. The minimum Gasteiger partial charge on any atom is -0.496 e. The number of carbonyl (C=O) groups is 1. The first kappa shape index (κ1) is 17.9. The average Bonchev–Trinajstić information content (AvgIpc) is 2.54. The van der Waals surface area contributed by atoms with E-state index in [2.05, 4.69) is 19.2 Å². The van der Waals surface area contributed by atoms with Crippen molar-refractivity contribution in [1.29, 1.82) is 0 Å². The molecule has 0 saturated carbocycles. The molecule has 0 bridgehead atoms. The van der Waals surface area contributed by atoms with Gasteiger partial charge in [-0.25, -0.2) is 0 Å². The van der Waals surface area contributed by atoms with Crippen LogP contribution in [0, 0.1) is 11.8 Å². The van der Waals surface area contributed by atoms with Gasteiger partial charge in [-0.1, -0.05) is 25.4 Å². The van der Waals surface area contributed by atoms with Crippen LogP contribution in [0.4, 0.5) is 5.69 Å². The van der Waals surface area contributed by atoms with Crippen LogP contribution in [0.5, 0.6) is 5.75 Å². The first-order valence-electron chi connectivity index (χ1n) is 7.96. The standard InChI is InChI=1S/C17H25ClN2O3/c1-10(2)16-11(5-4-6-23-16)9-20-17(21)12-7-13(18)14(19)8-15(12)22-3/h7-8,10-11,16H,4-6,9,19H2,1-3H3,(H,20,21). The van der Waals surface area contributed by atoms with E-state index in [1.807, 2.05) is 0 Å². The number of ether oxygens (including phenoxy) is 2. The monoisotopic (exact) mass is 340 g/mol. The first-order chi connectivity index (χ1) is 10.9. The molecule has 1 amide bonds. The number of hydrogen-bond acceptors (Lipinski definition) is 4. The van der Waals surface area contributed by atoms with Gasteiger partial charge in [-0.2, -0.15) is 0 Å². The van der Waals surface area contributed by atoms with Crippen molar-refractivity contribution in [3.63, 3.8) is 0 Å². The van der Waals surface area contributed by atoms with Crippen molar-refractivity contribution in [1.82, 2.24) is 5.32 Å². The molecule has 128 valence electrons. The Morgan fingerprint density at radius 2 is 2.26 bits per heavy atom. The largest absolute Gasteiger partial charge is 0.496 e. The minimum atomic E-state index is -0.211. The zero-order valence-corrected chi connectivity index (χ0v) is 14.7. The van der Waals surface area contributed by atoms with Crippen molar-refractivity contribution in [3.05, 3.63) is 22.7 Å². The van der Waals surface area contributed by atoms with Crippen LogP contribution in [0.2, 0.25) is 5.02 Å². The Morgan fingerprint density at radius 1 is 1.52 bits per heavy atom. The molecule has 0 aromatic heterocycles. The van der Waals surface area contributed by atoms with Crippen LogP contribution in [-0.4, -0.2) is 32.3 Å². The fourth-order valence-corrected chi connectivity index (χ4v) is 3.22. The maximum absolute atomic E-state index is 12.5. The molecule has 0 radical (unpaired) electrons. The predicted molar refractivity (Wildman–Crippen MR) is 92.1 cm³/mol. The molecule has 5 nitrogen and oxygen atoms in total. The van der Waals surface area contributed by atoms with E-state index in [0.717, 1.165) is 19.4 Å². The Labute approximate surface area is 142 Å². The molecule has 1 fully saturated rings. The van der Waals surface area contributed by atoms with Gasteiger partial charge in [0.25, 0.3) is 5.91 Å². The maximum Gasteiger partial charge on any atom is 0.255 e. The lowest BCUT2D eigenvalue weighted by Gasteiger charge is -2.34. The normalized spacial score (nSPS) is 21.3. The van der Waals surface area contributed by atoms with Crippen molar-refractivity contribution < 1.29 is 14.3 Å². The SMILES string of the molecule is COc1cc(N)c(Cl)cc1C(=O)NCC1CCCOC1C(C)C. The fraction of sp³-hybridized carbons (Fsp3) is 0.588. The molecule has 0 aliphatic carbocycles. The van der Waals surface area contributed by atoms with E-state index < -0.39 is 0 Å². The highest BCUT2D eigenvalue weighted by atomic mass is 35.5. The maximum atomic E-state index is 12.5. The highest BCUT2D eigenvalue weighted by Crippen LogP contribution is 2.29. The van der Waals surface area contributed by atoms with Crippen molar-refractivity contribution in [2.75, 3.05) is 26.0 Å². The topological polar surface area (TPSA) is 73.6 Å². The Balaban J connectivity index is 2.06. The molecule has 6 heteroatoms. The number of rotatable bonds is 5. The summed E-state index contributed by atoms with van der Waals surface area (Å²) in [4.78, 5) is 12.5. The summed E-state index contributed by atoms with van der Waals surface area (Å²) in [5, 5.41) is 3.32. The molecule has 1 aromatic carbocycles. The van der Waals surface area contributed by atoms with Gasteiger partial charge in [0.1, 0.15) is 5.75 Å². The fourth-order valence-electron chi connectivity index (χ4n) is 3.05. The molecule has 1 aromatic rings. The number of hydrogen-bond donors (Lipinski definition) is 2. The Bertz CT molecular complexity index is 563. The molecular formula is C17H25ClN2O3. The summed E-state index contributed by atoms with van der Waals surface area (Å²) in [6, 6.07) is 3.11. The van der Waals surface area contributed by atoms with Crippen LogP contribution >= 0.6 is 11.6 Å². The summed E-state index contributed by atoms with van der Waals surface area (Å²) in [6.07, 6.45) is 2.27. The molecule has 2 unspecified atom stereocenters. The summed E-state index contributed by atoms with van der Waals surface area (Å²) in [7, 11) is 1.50. The number of amides is 1. The second-order valence-corrected chi connectivity index (χ2v) is 6.67. The second kappa shape index (κ2) is 7.88. The summed E-state index contributed by atoms with van der Waals surface area (Å²) in [5.41, 5.74) is 6.53. The van der Waals surface area contributed by atoms with Crippen molar-refractivity contribution in [2.45, 2.75) is 32.8 Å².